The molecule has 0 amide bonds. The van der Waals surface area contributed by atoms with E-state index in [-0.39, 0.29) is 11.6 Å². The molecule has 1 fully saturated rings. The second-order valence-electron chi connectivity index (χ2n) is 4.88. The van der Waals surface area contributed by atoms with Gasteiger partial charge in [-0.05, 0) is 43.7 Å². The maximum atomic E-state index is 5.77. The van der Waals surface area contributed by atoms with Gasteiger partial charge < -0.3 is 10.1 Å². The van der Waals surface area contributed by atoms with Crippen molar-refractivity contribution in [3.8, 4) is 0 Å². The van der Waals surface area contributed by atoms with Gasteiger partial charge >= 0.3 is 0 Å². The van der Waals surface area contributed by atoms with Crippen molar-refractivity contribution in [2.24, 2.45) is 0 Å². The summed E-state index contributed by atoms with van der Waals surface area (Å²) in [5.41, 5.74) is -0.115. The van der Waals surface area contributed by atoms with Crippen LogP contribution in [0.2, 0.25) is 0 Å². The lowest BCUT2D eigenvalue weighted by molar-refractivity contribution is 0.00223. The maximum Gasteiger partial charge on any atom is 0.168 e. The highest BCUT2D eigenvalue weighted by atomic mass is 16.5. The number of rotatable bonds is 5. The van der Waals surface area contributed by atoms with Crippen LogP contribution < -0.4 is 5.32 Å². The first kappa shape index (κ1) is 12.4. The van der Waals surface area contributed by atoms with E-state index in [9.17, 15) is 0 Å². The van der Waals surface area contributed by atoms with Crippen molar-refractivity contribution < 1.29 is 4.74 Å². The van der Waals surface area contributed by atoms with E-state index < -0.39 is 0 Å². The topological polar surface area (TPSA) is 64.9 Å². The van der Waals surface area contributed by atoms with E-state index in [1.165, 1.54) is 0 Å². The lowest BCUT2D eigenvalue weighted by atomic mass is 10.0. The number of hydrogen-bond donors (Lipinski definition) is 1. The predicted molar refractivity (Wildman–Crippen MR) is 63.5 cm³/mol. The average molecular weight is 239 g/mol. The van der Waals surface area contributed by atoms with Crippen molar-refractivity contribution in [3.63, 3.8) is 0 Å². The first-order chi connectivity index (χ1) is 8.14. The summed E-state index contributed by atoms with van der Waals surface area (Å²) in [6.45, 7) is 8.75. The normalized spacial score (nSPS) is 26.3. The summed E-state index contributed by atoms with van der Waals surface area (Å²) in [4.78, 5) is 0. The number of hydrogen-bond acceptors (Lipinski definition) is 5. The first-order valence-electron chi connectivity index (χ1n) is 6.28. The third kappa shape index (κ3) is 2.81. The Kier molecular flexibility index (Phi) is 3.73. The van der Waals surface area contributed by atoms with E-state index in [0.717, 1.165) is 38.4 Å². The molecule has 2 rings (SSSR count). The molecule has 1 saturated heterocycles. The molecule has 0 aliphatic carbocycles. The maximum absolute atomic E-state index is 5.77. The zero-order chi connectivity index (χ0) is 12.3. The van der Waals surface area contributed by atoms with Gasteiger partial charge in [0.05, 0.1) is 18.2 Å². The highest BCUT2D eigenvalue weighted by molar-refractivity contribution is 4.92. The van der Waals surface area contributed by atoms with E-state index >= 15 is 0 Å². The van der Waals surface area contributed by atoms with Gasteiger partial charge in [-0.1, -0.05) is 6.92 Å². The van der Waals surface area contributed by atoms with Crippen LogP contribution >= 0.6 is 0 Å². The van der Waals surface area contributed by atoms with Crippen molar-refractivity contribution in [2.45, 2.75) is 51.8 Å². The zero-order valence-electron chi connectivity index (χ0n) is 10.8. The number of tetrazole rings is 1. The quantitative estimate of drug-likeness (QED) is 0.827. The van der Waals surface area contributed by atoms with Crippen LogP contribution in [0.5, 0.6) is 0 Å². The Hall–Kier alpha value is -1.01. The van der Waals surface area contributed by atoms with E-state index in [4.69, 9.17) is 4.74 Å². The van der Waals surface area contributed by atoms with Gasteiger partial charge in [0.2, 0.25) is 0 Å². The van der Waals surface area contributed by atoms with Gasteiger partial charge in [0, 0.05) is 6.61 Å². The van der Waals surface area contributed by atoms with Crippen LogP contribution in [0.4, 0.5) is 0 Å². The molecule has 1 aliphatic rings. The van der Waals surface area contributed by atoms with Gasteiger partial charge in [0.25, 0.3) is 0 Å². The van der Waals surface area contributed by atoms with Crippen LogP contribution in [-0.4, -0.2) is 39.0 Å². The standard InChI is InChI=1S/C11H21N5O/c1-4-12-9(2)10-13-14-15-16(10)8-11(3)6-5-7-17-11/h9,12H,4-8H2,1-3H3. The van der Waals surface area contributed by atoms with Gasteiger partial charge in [-0.25, -0.2) is 4.68 Å². The van der Waals surface area contributed by atoms with Crippen LogP contribution in [0.25, 0.3) is 0 Å². The van der Waals surface area contributed by atoms with Crippen LogP contribution in [0, 0.1) is 0 Å². The van der Waals surface area contributed by atoms with Crippen LogP contribution in [0.15, 0.2) is 0 Å². The monoisotopic (exact) mass is 239 g/mol. The molecule has 0 radical (unpaired) electrons. The molecule has 0 saturated carbocycles. The smallest absolute Gasteiger partial charge is 0.168 e. The summed E-state index contributed by atoms with van der Waals surface area (Å²) in [5, 5.41) is 15.2. The minimum atomic E-state index is -0.115. The Labute approximate surface area is 102 Å². The Morgan fingerprint density at radius 3 is 3.06 bits per heavy atom. The second-order valence-corrected chi connectivity index (χ2v) is 4.88. The fraction of sp³-hybridized carbons (Fsp3) is 0.909. The molecule has 1 aromatic heterocycles. The summed E-state index contributed by atoms with van der Waals surface area (Å²) in [7, 11) is 0. The Morgan fingerprint density at radius 2 is 2.41 bits per heavy atom. The largest absolute Gasteiger partial charge is 0.373 e. The molecule has 96 valence electrons. The van der Waals surface area contributed by atoms with Crippen LogP contribution in [0.3, 0.4) is 0 Å². The van der Waals surface area contributed by atoms with Crippen molar-refractivity contribution in [2.75, 3.05) is 13.2 Å². The summed E-state index contributed by atoms with van der Waals surface area (Å²) in [6, 6.07) is 0.167. The fourth-order valence-electron chi connectivity index (χ4n) is 2.31. The average Bonchev–Trinajstić information content (AvgIpc) is 2.88. The van der Waals surface area contributed by atoms with Crippen molar-refractivity contribution >= 4 is 0 Å². The molecular weight excluding hydrogens is 218 g/mol. The Balaban J connectivity index is 2.08. The van der Waals surface area contributed by atoms with Gasteiger partial charge in [0.1, 0.15) is 0 Å². The first-order valence-corrected chi connectivity index (χ1v) is 6.28. The molecule has 6 nitrogen and oxygen atoms in total. The van der Waals surface area contributed by atoms with Gasteiger partial charge in [0.15, 0.2) is 5.82 Å². The molecule has 1 aliphatic heterocycles. The highest BCUT2D eigenvalue weighted by Crippen LogP contribution is 2.27. The minimum absolute atomic E-state index is 0.115. The summed E-state index contributed by atoms with van der Waals surface area (Å²) in [5.74, 6) is 0.878. The highest BCUT2D eigenvalue weighted by Gasteiger charge is 2.32. The van der Waals surface area contributed by atoms with E-state index in [1.807, 2.05) is 4.68 Å². The summed E-state index contributed by atoms with van der Waals surface area (Å²) >= 11 is 0. The van der Waals surface area contributed by atoms with E-state index in [1.54, 1.807) is 0 Å². The molecule has 0 spiro atoms. The SMILES string of the molecule is CCNC(C)c1nnnn1CC1(C)CCCO1. The molecular formula is C11H21N5O. The lowest BCUT2D eigenvalue weighted by Gasteiger charge is -2.23. The van der Waals surface area contributed by atoms with Crippen molar-refractivity contribution in [1.29, 1.82) is 0 Å². The van der Waals surface area contributed by atoms with Crippen molar-refractivity contribution in [3.05, 3.63) is 5.82 Å². The molecule has 0 bridgehead atoms. The Bertz CT molecular complexity index is 358. The Morgan fingerprint density at radius 1 is 1.59 bits per heavy atom. The molecule has 0 aromatic carbocycles. The van der Waals surface area contributed by atoms with Crippen LogP contribution in [-0.2, 0) is 11.3 Å². The third-order valence-electron chi connectivity index (χ3n) is 3.24. The van der Waals surface area contributed by atoms with Gasteiger partial charge in [-0.3, -0.25) is 0 Å². The molecule has 2 heterocycles. The molecule has 2 atom stereocenters. The summed E-state index contributed by atoms with van der Waals surface area (Å²) < 4.78 is 7.63. The number of ether oxygens (including phenoxy) is 1. The fourth-order valence-corrected chi connectivity index (χ4v) is 2.31. The minimum Gasteiger partial charge on any atom is -0.373 e. The molecule has 1 aromatic rings. The number of aromatic nitrogens is 4. The third-order valence-corrected chi connectivity index (χ3v) is 3.24. The molecule has 17 heavy (non-hydrogen) atoms. The van der Waals surface area contributed by atoms with Gasteiger partial charge in [-0.2, -0.15) is 0 Å². The summed E-state index contributed by atoms with van der Waals surface area (Å²) in [6.07, 6.45) is 2.19. The van der Waals surface area contributed by atoms with Crippen LogP contribution in [0.1, 0.15) is 45.5 Å². The predicted octanol–water partition coefficient (Wildman–Crippen LogP) is 0.913. The van der Waals surface area contributed by atoms with E-state index in [2.05, 4.69) is 41.6 Å². The van der Waals surface area contributed by atoms with Crippen molar-refractivity contribution in [1.82, 2.24) is 25.5 Å². The zero-order valence-corrected chi connectivity index (χ0v) is 10.8. The second kappa shape index (κ2) is 5.10. The number of nitrogens with zero attached hydrogens (tertiary/aromatic N) is 4. The van der Waals surface area contributed by atoms with Gasteiger partial charge in [-0.15, -0.1) is 5.10 Å². The van der Waals surface area contributed by atoms with E-state index in [0.29, 0.717) is 0 Å². The number of nitrogens with one attached hydrogen (secondary N) is 1. The molecule has 2 unspecified atom stereocenters. The molecule has 1 N–H and O–H groups in total. The lowest BCUT2D eigenvalue weighted by Crippen LogP contribution is -2.32. The molecule has 6 heteroatoms.